The zero-order valence-corrected chi connectivity index (χ0v) is 13.0. The largest absolute Gasteiger partial charge is 0.396 e. The molecule has 0 amide bonds. The standard InChI is InChI=1S/C10H10BrCl2NO3S/c11-7-1-8(12)10(9(13)2-7)18(16,17)14-3-6(4-14)5-15/h1-2,6,15H,3-5H2. The summed E-state index contributed by atoms with van der Waals surface area (Å²) in [5.41, 5.74) is 0. The first-order valence-corrected chi connectivity index (χ1v) is 8.10. The lowest BCUT2D eigenvalue weighted by atomic mass is 10.1. The molecule has 1 aliphatic rings. The molecule has 0 bridgehead atoms. The van der Waals surface area contributed by atoms with Crippen LogP contribution in [-0.4, -0.2) is 37.5 Å². The average Bonchev–Trinajstić information content (AvgIpc) is 2.12. The fourth-order valence-electron chi connectivity index (χ4n) is 1.74. The molecule has 1 fully saturated rings. The molecule has 1 saturated heterocycles. The normalized spacial score (nSPS) is 17.8. The van der Waals surface area contributed by atoms with E-state index in [0.29, 0.717) is 17.6 Å². The predicted molar refractivity (Wildman–Crippen MR) is 73.5 cm³/mol. The number of aliphatic hydroxyl groups is 1. The third-order valence-electron chi connectivity index (χ3n) is 2.74. The zero-order valence-electron chi connectivity index (χ0n) is 9.11. The summed E-state index contributed by atoms with van der Waals surface area (Å²) < 4.78 is 26.5. The van der Waals surface area contributed by atoms with Crippen LogP contribution in [0.25, 0.3) is 0 Å². The molecular weight excluding hydrogens is 365 g/mol. The van der Waals surface area contributed by atoms with Gasteiger partial charge in [-0.2, -0.15) is 4.31 Å². The summed E-state index contributed by atoms with van der Waals surface area (Å²) in [5, 5.41) is 9.08. The van der Waals surface area contributed by atoms with E-state index in [9.17, 15) is 8.42 Å². The molecule has 1 aliphatic heterocycles. The number of rotatable bonds is 3. The van der Waals surface area contributed by atoms with Gasteiger partial charge < -0.3 is 5.11 Å². The predicted octanol–water partition coefficient (Wildman–Crippen LogP) is 2.37. The van der Waals surface area contributed by atoms with Gasteiger partial charge in [0.2, 0.25) is 10.0 Å². The summed E-state index contributed by atoms with van der Waals surface area (Å²) >= 11 is 15.1. The van der Waals surface area contributed by atoms with Gasteiger partial charge in [-0.3, -0.25) is 0 Å². The van der Waals surface area contributed by atoms with Gasteiger partial charge in [-0.1, -0.05) is 39.1 Å². The lowest BCUT2D eigenvalue weighted by Gasteiger charge is -2.37. The number of sulfonamides is 1. The molecule has 18 heavy (non-hydrogen) atoms. The van der Waals surface area contributed by atoms with E-state index in [2.05, 4.69) is 15.9 Å². The fourth-order valence-corrected chi connectivity index (χ4v) is 5.22. The topological polar surface area (TPSA) is 57.6 Å². The van der Waals surface area contributed by atoms with Crippen LogP contribution in [0, 0.1) is 5.92 Å². The van der Waals surface area contributed by atoms with E-state index in [-0.39, 0.29) is 27.5 Å². The van der Waals surface area contributed by atoms with Crippen LogP contribution in [0.4, 0.5) is 0 Å². The van der Waals surface area contributed by atoms with Crippen LogP contribution in [0.15, 0.2) is 21.5 Å². The highest BCUT2D eigenvalue weighted by Crippen LogP contribution is 2.36. The molecule has 0 unspecified atom stereocenters. The Labute approximate surface area is 124 Å². The van der Waals surface area contributed by atoms with Crippen LogP contribution >= 0.6 is 39.1 Å². The molecule has 0 saturated carbocycles. The second-order valence-corrected chi connectivity index (χ2v) is 7.67. The molecule has 1 N–H and O–H groups in total. The van der Waals surface area contributed by atoms with E-state index in [1.165, 1.54) is 16.4 Å². The second-order valence-electron chi connectivity index (χ2n) is 4.07. The van der Waals surface area contributed by atoms with Crippen molar-refractivity contribution in [3.05, 3.63) is 26.7 Å². The number of hydrogen-bond acceptors (Lipinski definition) is 3. The summed E-state index contributed by atoms with van der Waals surface area (Å²) in [7, 11) is -3.69. The minimum atomic E-state index is -3.69. The van der Waals surface area contributed by atoms with Crippen molar-refractivity contribution >= 4 is 49.2 Å². The highest BCUT2D eigenvalue weighted by Gasteiger charge is 2.38. The Kier molecular flexibility index (Phi) is 4.26. The van der Waals surface area contributed by atoms with Crippen LogP contribution in [-0.2, 0) is 10.0 Å². The van der Waals surface area contributed by atoms with Gasteiger partial charge in [0.25, 0.3) is 0 Å². The smallest absolute Gasteiger partial charge is 0.246 e. The van der Waals surface area contributed by atoms with Gasteiger partial charge in [0.05, 0.1) is 10.0 Å². The molecule has 2 rings (SSSR count). The molecule has 0 spiro atoms. The molecule has 1 aromatic rings. The van der Waals surface area contributed by atoms with Crippen LogP contribution < -0.4 is 0 Å². The van der Waals surface area contributed by atoms with E-state index in [0.717, 1.165) is 0 Å². The highest BCUT2D eigenvalue weighted by atomic mass is 79.9. The van der Waals surface area contributed by atoms with Crippen molar-refractivity contribution in [2.75, 3.05) is 19.7 Å². The Morgan fingerprint density at radius 3 is 2.28 bits per heavy atom. The molecule has 100 valence electrons. The van der Waals surface area contributed by atoms with Gasteiger partial charge in [0.1, 0.15) is 4.90 Å². The van der Waals surface area contributed by atoms with Gasteiger partial charge in [-0.15, -0.1) is 0 Å². The van der Waals surface area contributed by atoms with Crippen molar-refractivity contribution in [2.45, 2.75) is 4.90 Å². The number of hydrogen-bond donors (Lipinski definition) is 1. The molecule has 8 heteroatoms. The SMILES string of the molecule is O=S(=O)(c1c(Cl)cc(Br)cc1Cl)N1CC(CO)C1. The number of aliphatic hydroxyl groups excluding tert-OH is 1. The first-order valence-electron chi connectivity index (χ1n) is 5.12. The van der Waals surface area contributed by atoms with Gasteiger partial charge in [0, 0.05) is 30.1 Å². The molecule has 1 aromatic carbocycles. The third-order valence-corrected chi connectivity index (χ3v) is 5.95. The molecule has 0 atom stereocenters. The molecular formula is C10H10BrCl2NO3S. The summed E-state index contributed by atoms with van der Waals surface area (Å²) in [6, 6.07) is 2.98. The van der Waals surface area contributed by atoms with Crippen molar-refractivity contribution in [2.24, 2.45) is 5.92 Å². The van der Waals surface area contributed by atoms with Crippen LogP contribution in [0.3, 0.4) is 0 Å². The van der Waals surface area contributed by atoms with E-state index in [1.54, 1.807) is 0 Å². The Hall–Kier alpha value is 0.150. The first kappa shape index (κ1) is 14.6. The summed E-state index contributed by atoms with van der Waals surface area (Å²) in [4.78, 5) is -0.0783. The molecule has 0 aliphatic carbocycles. The van der Waals surface area contributed by atoms with Gasteiger partial charge in [0.15, 0.2) is 0 Å². The maximum Gasteiger partial charge on any atom is 0.246 e. The van der Waals surface area contributed by atoms with Crippen molar-refractivity contribution < 1.29 is 13.5 Å². The second kappa shape index (κ2) is 5.26. The van der Waals surface area contributed by atoms with E-state index < -0.39 is 10.0 Å². The lowest BCUT2D eigenvalue weighted by molar-refractivity contribution is 0.117. The summed E-state index contributed by atoms with van der Waals surface area (Å²) in [5.74, 6) is -0.00669. The molecule has 4 nitrogen and oxygen atoms in total. The van der Waals surface area contributed by atoms with E-state index in [1.807, 2.05) is 0 Å². The van der Waals surface area contributed by atoms with Gasteiger partial charge >= 0.3 is 0 Å². The molecule has 1 heterocycles. The lowest BCUT2D eigenvalue weighted by Crippen LogP contribution is -2.51. The monoisotopic (exact) mass is 373 g/mol. The van der Waals surface area contributed by atoms with E-state index >= 15 is 0 Å². The average molecular weight is 375 g/mol. The number of nitrogens with zero attached hydrogens (tertiary/aromatic N) is 1. The minimum Gasteiger partial charge on any atom is -0.396 e. The third kappa shape index (κ3) is 2.55. The number of benzene rings is 1. The summed E-state index contributed by atoms with van der Waals surface area (Å²) in [6.07, 6.45) is 0. The molecule has 0 radical (unpaired) electrons. The van der Waals surface area contributed by atoms with Crippen molar-refractivity contribution in [1.82, 2.24) is 4.31 Å². The molecule has 0 aromatic heterocycles. The van der Waals surface area contributed by atoms with E-state index in [4.69, 9.17) is 28.3 Å². The zero-order chi connectivity index (χ0) is 13.5. The van der Waals surface area contributed by atoms with Gasteiger partial charge in [-0.25, -0.2) is 8.42 Å². The quantitative estimate of drug-likeness (QED) is 0.883. The number of halogens is 3. The Morgan fingerprint density at radius 2 is 1.83 bits per heavy atom. The summed E-state index contributed by atoms with van der Waals surface area (Å²) in [6.45, 7) is 0.566. The maximum absolute atomic E-state index is 12.3. The fraction of sp³-hybridized carbons (Fsp3) is 0.400. The van der Waals surface area contributed by atoms with Crippen molar-refractivity contribution in [3.8, 4) is 0 Å². The Bertz CT molecular complexity index is 549. The first-order chi connectivity index (χ1) is 8.36. The van der Waals surface area contributed by atoms with Crippen molar-refractivity contribution in [1.29, 1.82) is 0 Å². The van der Waals surface area contributed by atoms with Gasteiger partial charge in [-0.05, 0) is 12.1 Å². The van der Waals surface area contributed by atoms with Crippen LogP contribution in [0.5, 0.6) is 0 Å². The maximum atomic E-state index is 12.3. The Morgan fingerprint density at radius 1 is 1.33 bits per heavy atom. The van der Waals surface area contributed by atoms with Crippen LogP contribution in [0.2, 0.25) is 10.0 Å². The van der Waals surface area contributed by atoms with Crippen LogP contribution in [0.1, 0.15) is 0 Å². The van der Waals surface area contributed by atoms with Crippen molar-refractivity contribution in [3.63, 3.8) is 0 Å². The highest BCUT2D eigenvalue weighted by molar-refractivity contribution is 9.10. The minimum absolute atomic E-state index is 0.00669. The Balaban J connectivity index is 2.37.